The maximum Gasteiger partial charge on any atom is 0.240 e. The minimum atomic E-state index is -3.43. The minimum Gasteiger partial charge on any atom is -0.492 e. The normalized spacial score (nSPS) is 16.1. The van der Waals surface area contributed by atoms with Crippen LogP contribution in [0.3, 0.4) is 0 Å². The lowest BCUT2D eigenvalue weighted by molar-refractivity contribution is 0.0897. The summed E-state index contributed by atoms with van der Waals surface area (Å²) < 4.78 is 43.4. The summed E-state index contributed by atoms with van der Waals surface area (Å²) in [7, 11) is -3.43. The quantitative estimate of drug-likeness (QED) is 0.633. The first-order chi connectivity index (χ1) is 13.1. The molecule has 0 aliphatic carbocycles. The van der Waals surface area contributed by atoms with Crippen LogP contribution in [0.1, 0.15) is 6.92 Å². The zero-order valence-corrected chi connectivity index (χ0v) is 16.0. The third-order valence-corrected chi connectivity index (χ3v) is 5.52. The average molecular weight is 392 g/mol. The molecule has 2 N–H and O–H groups in total. The highest BCUT2D eigenvalue weighted by molar-refractivity contribution is 7.89. The maximum atomic E-state index is 11.9. The summed E-state index contributed by atoms with van der Waals surface area (Å²) in [5.41, 5.74) is 0. The van der Waals surface area contributed by atoms with Gasteiger partial charge in [0.15, 0.2) is 11.5 Å². The van der Waals surface area contributed by atoms with Crippen LogP contribution in [0, 0.1) is 0 Å². The fraction of sp³-hybridized carbons (Fsp3) is 0.368. The van der Waals surface area contributed by atoms with Gasteiger partial charge in [0.25, 0.3) is 0 Å². The lowest BCUT2D eigenvalue weighted by atomic mass is 10.2. The van der Waals surface area contributed by atoms with Crippen LogP contribution < -0.4 is 24.2 Å². The van der Waals surface area contributed by atoms with Crippen molar-refractivity contribution in [3.05, 3.63) is 48.5 Å². The van der Waals surface area contributed by atoms with Crippen molar-refractivity contribution in [2.24, 2.45) is 0 Å². The van der Waals surface area contributed by atoms with Crippen molar-refractivity contribution in [2.75, 3.05) is 32.8 Å². The lowest BCUT2D eigenvalue weighted by Crippen LogP contribution is -2.39. The van der Waals surface area contributed by atoms with Crippen molar-refractivity contribution >= 4 is 10.0 Å². The fourth-order valence-corrected chi connectivity index (χ4v) is 3.70. The molecule has 1 atom stereocenters. The van der Waals surface area contributed by atoms with Crippen molar-refractivity contribution in [3.63, 3.8) is 0 Å². The van der Waals surface area contributed by atoms with E-state index in [0.717, 1.165) is 11.5 Å². The summed E-state index contributed by atoms with van der Waals surface area (Å²) in [6.45, 7) is 4.35. The summed E-state index contributed by atoms with van der Waals surface area (Å²) >= 11 is 0. The summed E-state index contributed by atoms with van der Waals surface area (Å²) in [5, 5.41) is 3.27. The predicted molar refractivity (Wildman–Crippen MR) is 102 cm³/mol. The Bertz CT molecular complexity index is 839. The van der Waals surface area contributed by atoms with E-state index in [1.54, 1.807) is 19.1 Å². The van der Waals surface area contributed by atoms with E-state index < -0.39 is 10.0 Å². The number of ether oxygens (including phenoxy) is 3. The highest BCUT2D eigenvalue weighted by Gasteiger charge is 2.19. The van der Waals surface area contributed by atoms with Crippen molar-refractivity contribution in [2.45, 2.75) is 17.9 Å². The Labute approximate surface area is 159 Å². The Hall–Kier alpha value is -2.29. The number of fused-ring (bicyclic) bond motifs is 1. The summed E-state index contributed by atoms with van der Waals surface area (Å²) in [6.07, 6.45) is -0.0459. The topological polar surface area (TPSA) is 85.9 Å². The van der Waals surface area contributed by atoms with Gasteiger partial charge in [-0.15, -0.1) is 0 Å². The third-order valence-electron chi connectivity index (χ3n) is 3.96. The van der Waals surface area contributed by atoms with E-state index in [0.29, 0.717) is 38.6 Å². The van der Waals surface area contributed by atoms with Crippen LogP contribution in [0.5, 0.6) is 17.2 Å². The molecule has 0 spiro atoms. The molecule has 1 unspecified atom stereocenters. The number of hydrogen-bond donors (Lipinski definition) is 2. The minimum absolute atomic E-state index is 0.0459. The standard InChI is InChI=1S/C19H24N2O5S/c1-2-21-27(22,23)17-9-7-15(8-10-17)24-12-11-20-13-16-14-25-18-5-3-4-6-19(18)26-16/h3-10,16,20-21H,2,11-14H2,1H3. The molecule has 0 aromatic heterocycles. The molecule has 1 heterocycles. The summed E-state index contributed by atoms with van der Waals surface area (Å²) in [6, 6.07) is 14.0. The van der Waals surface area contributed by atoms with Gasteiger partial charge >= 0.3 is 0 Å². The van der Waals surface area contributed by atoms with Crippen molar-refractivity contribution in [1.29, 1.82) is 0 Å². The lowest BCUT2D eigenvalue weighted by Gasteiger charge is -2.26. The molecule has 7 nitrogen and oxygen atoms in total. The van der Waals surface area contributed by atoms with E-state index in [-0.39, 0.29) is 11.0 Å². The molecule has 0 saturated heterocycles. The smallest absolute Gasteiger partial charge is 0.240 e. The molecule has 1 aliphatic rings. The van der Waals surface area contributed by atoms with E-state index in [1.807, 2.05) is 24.3 Å². The first-order valence-electron chi connectivity index (χ1n) is 8.90. The molecular formula is C19H24N2O5S. The van der Waals surface area contributed by atoms with E-state index in [4.69, 9.17) is 14.2 Å². The highest BCUT2D eigenvalue weighted by Crippen LogP contribution is 2.30. The van der Waals surface area contributed by atoms with Crippen LogP contribution in [0.25, 0.3) is 0 Å². The molecule has 3 rings (SSSR count). The second kappa shape index (κ2) is 9.07. The first kappa shape index (κ1) is 19.5. The van der Waals surface area contributed by atoms with Crippen LogP contribution in [-0.2, 0) is 10.0 Å². The molecule has 146 valence electrons. The number of nitrogens with one attached hydrogen (secondary N) is 2. The first-order valence-corrected chi connectivity index (χ1v) is 10.4. The second-order valence-corrected chi connectivity index (χ2v) is 7.79. The van der Waals surface area contributed by atoms with Gasteiger partial charge < -0.3 is 19.5 Å². The molecule has 1 aliphatic heterocycles. The molecular weight excluding hydrogens is 368 g/mol. The van der Waals surface area contributed by atoms with Crippen LogP contribution in [-0.4, -0.2) is 47.4 Å². The van der Waals surface area contributed by atoms with Crippen LogP contribution in [0.4, 0.5) is 0 Å². The van der Waals surface area contributed by atoms with Crippen molar-refractivity contribution < 1.29 is 22.6 Å². The number of para-hydroxylation sites is 2. The Morgan fingerprint density at radius 1 is 1.11 bits per heavy atom. The number of sulfonamides is 1. The molecule has 0 bridgehead atoms. The Morgan fingerprint density at radius 2 is 1.85 bits per heavy atom. The maximum absolute atomic E-state index is 11.9. The van der Waals surface area contributed by atoms with Gasteiger partial charge in [-0.2, -0.15) is 0 Å². The monoisotopic (exact) mass is 392 g/mol. The molecule has 0 saturated carbocycles. The Morgan fingerprint density at radius 3 is 2.59 bits per heavy atom. The van der Waals surface area contributed by atoms with Gasteiger partial charge in [-0.3, -0.25) is 0 Å². The van der Waals surface area contributed by atoms with Gasteiger partial charge in [-0.05, 0) is 36.4 Å². The fourth-order valence-electron chi connectivity index (χ4n) is 2.66. The zero-order chi connectivity index (χ0) is 19.1. The van der Waals surface area contributed by atoms with Gasteiger partial charge in [-0.25, -0.2) is 13.1 Å². The molecule has 2 aromatic rings. The Balaban J connectivity index is 1.37. The second-order valence-electron chi connectivity index (χ2n) is 6.02. The van der Waals surface area contributed by atoms with E-state index >= 15 is 0 Å². The number of rotatable bonds is 9. The van der Waals surface area contributed by atoms with Gasteiger partial charge in [0, 0.05) is 19.6 Å². The molecule has 8 heteroatoms. The third kappa shape index (κ3) is 5.35. The van der Waals surface area contributed by atoms with Gasteiger partial charge in [0.2, 0.25) is 10.0 Å². The SMILES string of the molecule is CCNS(=O)(=O)c1ccc(OCCNCC2COc3ccccc3O2)cc1. The largest absolute Gasteiger partial charge is 0.492 e. The van der Waals surface area contributed by atoms with Crippen LogP contribution in [0.15, 0.2) is 53.4 Å². The van der Waals surface area contributed by atoms with Gasteiger partial charge in [-0.1, -0.05) is 19.1 Å². The number of benzene rings is 2. The van der Waals surface area contributed by atoms with Gasteiger partial charge in [0.05, 0.1) is 4.90 Å². The zero-order valence-electron chi connectivity index (χ0n) is 15.2. The summed E-state index contributed by atoms with van der Waals surface area (Å²) in [5.74, 6) is 2.16. The predicted octanol–water partition coefficient (Wildman–Crippen LogP) is 1.79. The van der Waals surface area contributed by atoms with Crippen LogP contribution in [0.2, 0.25) is 0 Å². The van der Waals surface area contributed by atoms with E-state index in [9.17, 15) is 8.42 Å². The van der Waals surface area contributed by atoms with Crippen molar-refractivity contribution in [1.82, 2.24) is 10.0 Å². The van der Waals surface area contributed by atoms with Gasteiger partial charge in [0.1, 0.15) is 25.1 Å². The number of hydrogen-bond acceptors (Lipinski definition) is 6. The molecule has 0 amide bonds. The molecule has 2 aromatic carbocycles. The van der Waals surface area contributed by atoms with Crippen LogP contribution >= 0.6 is 0 Å². The average Bonchev–Trinajstić information content (AvgIpc) is 2.68. The molecule has 27 heavy (non-hydrogen) atoms. The van der Waals surface area contributed by atoms with E-state index in [1.165, 1.54) is 12.1 Å². The van der Waals surface area contributed by atoms with Crippen molar-refractivity contribution in [3.8, 4) is 17.2 Å². The summed E-state index contributed by atoms with van der Waals surface area (Å²) in [4.78, 5) is 0.226. The molecule has 0 radical (unpaired) electrons. The van der Waals surface area contributed by atoms with E-state index in [2.05, 4.69) is 10.0 Å². The highest BCUT2D eigenvalue weighted by atomic mass is 32.2. The Kier molecular flexibility index (Phi) is 6.54. The molecule has 0 fully saturated rings.